The summed E-state index contributed by atoms with van der Waals surface area (Å²) in [5.41, 5.74) is -0.939. The van der Waals surface area contributed by atoms with Crippen LogP contribution in [-0.4, -0.2) is 76.7 Å². The van der Waals surface area contributed by atoms with E-state index in [0.717, 1.165) is 35.9 Å². The zero-order valence-electron chi connectivity index (χ0n) is 26.2. The van der Waals surface area contributed by atoms with Gasteiger partial charge in [-0.05, 0) is 87.8 Å². The number of phenolic OH excluding ortho intramolecular Hbond substituents is 1. The van der Waals surface area contributed by atoms with E-state index in [1.165, 1.54) is 6.07 Å². The average molecular weight is 719 g/mol. The minimum atomic E-state index is -0.481. The smallest absolute Gasteiger partial charge is 0.410 e. The highest BCUT2D eigenvalue weighted by molar-refractivity contribution is 9.10. The molecule has 244 valence electrons. The summed E-state index contributed by atoms with van der Waals surface area (Å²) < 4.78 is 23.3. The molecule has 0 unspecified atom stereocenters. The topological polar surface area (TPSA) is 97.8 Å². The van der Waals surface area contributed by atoms with Gasteiger partial charge in [0.05, 0.1) is 10.0 Å². The highest BCUT2D eigenvalue weighted by atomic mass is 79.9. The van der Waals surface area contributed by atoms with Crippen molar-refractivity contribution in [3.8, 4) is 17.2 Å². The predicted octanol–water partition coefficient (Wildman–Crippen LogP) is 8.70. The van der Waals surface area contributed by atoms with E-state index in [4.69, 9.17) is 42.1 Å². The van der Waals surface area contributed by atoms with E-state index in [1.807, 2.05) is 53.7 Å². The van der Waals surface area contributed by atoms with Crippen molar-refractivity contribution in [2.45, 2.75) is 90.6 Å². The summed E-state index contributed by atoms with van der Waals surface area (Å²) in [6, 6.07) is 10.3. The van der Waals surface area contributed by atoms with Gasteiger partial charge in [-0.1, -0.05) is 23.2 Å². The van der Waals surface area contributed by atoms with Crippen LogP contribution in [0.4, 0.5) is 9.59 Å². The van der Waals surface area contributed by atoms with Gasteiger partial charge in [0.2, 0.25) is 0 Å². The number of amides is 2. The van der Waals surface area contributed by atoms with Crippen LogP contribution < -0.4 is 9.47 Å². The number of hydrogen-bond donors (Lipinski definition) is 1. The van der Waals surface area contributed by atoms with Crippen LogP contribution in [0.15, 0.2) is 40.9 Å². The molecule has 0 radical (unpaired) electrons. The molecule has 0 aromatic heterocycles. The molecule has 2 amide bonds. The largest absolute Gasteiger partial charge is 0.506 e. The molecule has 1 N–H and O–H groups in total. The van der Waals surface area contributed by atoms with Crippen LogP contribution in [0.3, 0.4) is 0 Å². The third-order valence-electron chi connectivity index (χ3n) is 6.60. The Morgan fingerprint density at radius 1 is 0.727 bits per heavy atom. The summed E-state index contributed by atoms with van der Waals surface area (Å²) in [6.45, 7) is 13.7. The minimum Gasteiger partial charge on any atom is -0.506 e. The fourth-order valence-electron chi connectivity index (χ4n) is 4.47. The summed E-state index contributed by atoms with van der Waals surface area (Å²) >= 11 is 15.1. The van der Waals surface area contributed by atoms with Crippen molar-refractivity contribution in [2.75, 3.05) is 26.2 Å². The molecule has 2 heterocycles. The molecule has 0 spiro atoms. The number of phenols is 1. The van der Waals surface area contributed by atoms with E-state index in [1.54, 1.807) is 28.0 Å². The van der Waals surface area contributed by atoms with Crippen LogP contribution in [0.25, 0.3) is 0 Å². The Kier molecular flexibility index (Phi) is 12.8. The Morgan fingerprint density at radius 2 is 1.11 bits per heavy atom. The number of piperidine rings is 2. The van der Waals surface area contributed by atoms with E-state index >= 15 is 0 Å². The summed E-state index contributed by atoms with van der Waals surface area (Å²) in [7, 11) is 0. The number of rotatable bonds is 4. The zero-order valence-corrected chi connectivity index (χ0v) is 29.3. The Hall–Kier alpha value is -2.56. The van der Waals surface area contributed by atoms with E-state index in [2.05, 4.69) is 15.9 Å². The number of likely N-dealkylation sites (tertiary alicyclic amines) is 2. The molecule has 4 rings (SSSR count). The summed E-state index contributed by atoms with van der Waals surface area (Å²) in [5, 5.41) is 10.5. The maximum Gasteiger partial charge on any atom is 0.410 e. The Balaban J connectivity index is 0.000000240. The predicted molar refractivity (Wildman–Crippen MR) is 175 cm³/mol. The number of carbonyl (C=O) groups is 2. The first kappa shape index (κ1) is 35.9. The van der Waals surface area contributed by atoms with Gasteiger partial charge in [-0.25, -0.2) is 9.59 Å². The number of carbonyl (C=O) groups excluding carboxylic acids is 2. The lowest BCUT2D eigenvalue weighted by molar-refractivity contribution is 0.0115. The normalized spacial score (nSPS) is 16.5. The number of halogens is 3. The Morgan fingerprint density at radius 3 is 1.48 bits per heavy atom. The molecule has 2 aliphatic rings. The molecule has 0 aliphatic carbocycles. The van der Waals surface area contributed by atoms with Crippen molar-refractivity contribution in [1.29, 1.82) is 0 Å². The summed E-state index contributed by atoms with van der Waals surface area (Å²) in [5.74, 6) is 1.37. The van der Waals surface area contributed by atoms with Crippen molar-refractivity contribution in [2.24, 2.45) is 0 Å². The van der Waals surface area contributed by atoms with Crippen LogP contribution in [-0.2, 0) is 9.47 Å². The maximum atomic E-state index is 12.0. The molecule has 2 saturated heterocycles. The molecule has 2 aliphatic heterocycles. The molecule has 2 aromatic rings. The van der Waals surface area contributed by atoms with E-state index < -0.39 is 11.2 Å². The van der Waals surface area contributed by atoms with Crippen LogP contribution in [0.2, 0.25) is 10.0 Å². The molecule has 2 fully saturated rings. The number of benzene rings is 2. The molecular formula is C32H43BrCl2N2O7. The quantitative estimate of drug-likeness (QED) is 0.338. The van der Waals surface area contributed by atoms with Crippen molar-refractivity contribution < 1.29 is 33.6 Å². The van der Waals surface area contributed by atoms with E-state index in [0.29, 0.717) is 42.0 Å². The molecule has 0 saturated carbocycles. The molecule has 44 heavy (non-hydrogen) atoms. The van der Waals surface area contributed by atoms with Gasteiger partial charge in [0.25, 0.3) is 0 Å². The lowest BCUT2D eigenvalue weighted by atomic mass is 10.1. The standard InChI is InChI=1S/C16H21BrClNO3.C16H22ClNO4/c1-16(2,3)22-15(20)19-8-6-11(7-9-19)21-12-4-5-14(18)13(17)10-12;1-16(2,3)22-15(20)18-8-6-11(7-9-18)21-12-4-5-13(17)14(19)10-12/h4-5,10-11H,6-9H2,1-3H3;4-5,10-11,19H,6-9H2,1-3H3. The second-order valence-corrected chi connectivity index (χ2v) is 14.4. The van der Waals surface area contributed by atoms with Crippen LogP contribution in [0.5, 0.6) is 17.2 Å². The summed E-state index contributed by atoms with van der Waals surface area (Å²) in [6.07, 6.45) is 2.62. The van der Waals surface area contributed by atoms with Gasteiger partial charge in [-0.2, -0.15) is 0 Å². The molecule has 12 heteroatoms. The first-order chi connectivity index (χ1) is 20.5. The number of hydrogen-bond acceptors (Lipinski definition) is 7. The van der Waals surface area contributed by atoms with Crippen LogP contribution >= 0.6 is 39.1 Å². The van der Waals surface area contributed by atoms with Gasteiger partial charge >= 0.3 is 12.2 Å². The molecule has 9 nitrogen and oxygen atoms in total. The van der Waals surface area contributed by atoms with Gasteiger partial charge in [-0.3, -0.25) is 0 Å². The van der Waals surface area contributed by atoms with Gasteiger partial charge < -0.3 is 33.9 Å². The van der Waals surface area contributed by atoms with Gasteiger partial charge in [0.1, 0.15) is 40.7 Å². The van der Waals surface area contributed by atoms with Gasteiger partial charge in [0, 0.05) is 62.4 Å². The number of ether oxygens (including phenoxy) is 4. The van der Waals surface area contributed by atoms with Crippen LogP contribution in [0.1, 0.15) is 67.2 Å². The average Bonchev–Trinajstić information content (AvgIpc) is 2.92. The third-order valence-corrected chi connectivity index (χ3v) is 8.14. The first-order valence-electron chi connectivity index (χ1n) is 14.7. The number of aromatic hydroxyl groups is 1. The van der Waals surface area contributed by atoms with Crippen molar-refractivity contribution in [3.05, 3.63) is 50.9 Å². The third kappa shape index (κ3) is 12.1. The monoisotopic (exact) mass is 716 g/mol. The lowest BCUT2D eigenvalue weighted by Gasteiger charge is -2.33. The molecule has 0 atom stereocenters. The maximum absolute atomic E-state index is 12.0. The van der Waals surface area contributed by atoms with Crippen molar-refractivity contribution in [3.63, 3.8) is 0 Å². The number of nitrogens with zero attached hydrogens (tertiary/aromatic N) is 2. The van der Waals surface area contributed by atoms with Gasteiger partial charge in [0.15, 0.2) is 0 Å². The Labute approximate surface area is 278 Å². The van der Waals surface area contributed by atoms with Crippen molar-refractivity contribution >= 4 is 51.3 Å². The summed E-state index contributed by atoms with van der Waals surface area (Å²) in [4.78, 5) is 27.4. The highest BCUT2D eigenvalue weighted by Gasteiger charge is 2.29. The fraction of sp³-hybridized carbons (Fsp3) is 0.562. The minimum absolute atomic E-state index is 0.00496. The highest BCUT2D eigenvalue weighted by Crippen LogP contribution is 2.30. The van der Waals surface area contributed by atoms with Crippen LogP contribution in [0, 0.1) is 0 Å². The SMILES string of the molecule is CC(C)(C)OC(=O)N1CCC(Oc2ccc(Cl)c(Br)c2)CC1.CC(C)(C)OC(=O)N1CCC(Oc2ccc(Cl)c(O)c2)CC1. The molecule has 2 aromatic carbocycles. The van der Waals surface area contributed by atoms with Gasteiger partial charge in [-0.15, -0.1) is 0 Å². The Bertz CT molecular complexity index is 1170. The second kappa shape index (κ2) is 15.6. The van der Waals surface area contributed by atoms with Crippen molar-refractivity contribution in [1.82, 2.24) is 9.80 Å². The molecular weight excluding hydrogens is 675 g/mol. The van der Waals surface area contributed by atoms with E-state index in [9.17, 15) is 14.7 Å². The lowest BCUT2D eigenvalue weighted by Crippen LogP contribution is -2.44. The first-order valence-corrected chi connectivity index (χ1v) is 16.3. The second-order valence-electron chi connectivity index (χ2n) is 12.8. The molecule has 0 bridgehead atoms. The van der Waals surface area contributed by atoms with E-state index in [-0.39, 0.29) is 30.1 Å². The zero-order chi connectivity index (χ0) is 32.7. The fourth-order valence-corrected chi connectivity index (χ4v) is 5.06.